The van der Waals surface area contributed by atoms with Crippen molar-refractivity contribution in [3.05, 3.63) is 24.0 Å². The Hall–Kier alpha value is -1.78. The van der Waals surface area contributed by atoms with Crippen LogP contribution in [0.1, 0.15) is 32.4 Å². The average Bonchev–Trinajstić information content (AvgIpc) is 2.46. The average molecular weight is 262 g/mol. The monoisotopic (exact) mass is 262 g/mol. The topological polar surface area (TPSA) is 74.7 Å². The molecule has 5 nitrogen and oxygen atoms in total. The first-order valence-corrected chi connectivity index (χ1v) is 6.80. The van der Waals surface area contributed by atoms with E-state index in [9.17, 15) is 0 Å². The molecule has 1 aliphatic rings. The van der Waals surface area contributed by atoms with Gasteiger partial charge in [-0.25, -0.2) is 0 Å². The summed E-state index contributed by atoms with van der Waals surface area (Å²) in [7, 11) is 0. The molecule has 0 amide bonds. The van der Waals surface area contributed by atoms with Crippen molar-refractivity contribution in [3.8, 4) is 0 Å². The molecule has 0 bridgehead atoms. The molecule has 2 rings (SSSR count). The highest BCUT2D eigenvalue weighted by atomic mass is 16.4. The Morgan fingerprint density at radius 2 is 2.16 bits per heavy atom. The third-order valence-corrected chi connectivity index (χ3v) is 3.96. The number of hydrogen-bond acceptors (Lipinski definition) is 4. The van der Waals surface area contributed by atoms with Crippen LogP contribution in [0, 0.1) is 11.8 Å². The number of aromatic nitrogens is 1. The Morgan fingerprint density at radius 1 is 1.47 bits per heavy atom. The van der Waals surface area contributed by atoms with Crippen molar-refractivity contribution in [1.82, 2.24) is 4.98 Å². The fraction of sp³-hybridized carbons (Fsp3) is 0.571. The van der Waals surface area contributed by atoms with Crippen LogP contribution in [0.3, 0.4) is 0 Å². The van der Waals surface area contributed by atoms with Crippen LogP contribution >= 0.6 is 0 Å². The van der Waals surface area contributed by atoms with Gasteiger partial charge in [-0.3, -0.25) is 4.98 Å². The van der Waals surface area contributed by atoms with Crippen molar-refractivity contribution in [2.24, 2.45) is 22.7 Å². The van der Waals surface area contributed by atoms with Crippen molar-refractivity contribution < 1.29 is 5.21 Å². The van der Waals surface area contributed by atoms with E-state index >= 15 is 0 Å². The minimum atomic E-state index is 0.0546. The molecule has 0 aliphatic carbocycles. The number of hydrogen-bond donors (Lipinski definition) is 2. The Labute approximate surface area is 114 Å². The zero-order chi connectivity index (χ0) is 13.8. The van der Waals surface area contributed by atoms with E-state index < -0.39 is 0 Å². The van der Waals surface area contributed by atoms with Crippen molar-refractivity contribution >= 4 is 11.5 Å². The van der Waals surface area contributed by atoms with E-state index in [2.05, 4.69) is 28.9 Å². The number of piperidine rings is 1. The van der Waals surface area contributed by atoms with Crippen LogP contribution in [0.25, 0.3) is 0 Å². The van der Waals surface area contributed by atoms with E-state index in [0.29, 0.717) is 5.69 Å². The summed E-state index contributed by atoms with van der Waals surface area (Å²) in [6, 6.07) is 3.86. The lowest BCUT2D eigenvalue weighted by Gasteiger charge is -2.35. The number of nitrogens with two attached hydrogens (primary N) is 1. The van der Waals surface area contributed by atoms with E-state index in [4.69, 9.17) is 10.9 Å². The second-order valence-corrected chi connectivity index (χ2v) is 5.45. The van der Waals surface area contributed by atoms with Crippen LogP contribution in [0.4, 0.5) is 5.69 Å². The number of rotatable bonds is 3. The van der Waals surface area contributed by atoms with Gasteiger partial charge in [-0.1, -0.05) is 19.0 Å². The summed E-state index contributed by atoms with van der Waals surface area (Å²) in [5.41, 5.74) is 7.19. The molecule has 0 unspecified atom stereocenters. The lowest BCUT2D eigenvalue weighted by Crippen LogP contribution is -2.35. The van der Waals surface area contributed by atoms with Crippen LogP contribution in [-0.4, -0.2) is 29.1 Å². The molecule has 5 heteroatoms. The Morgan fingerprint density at radius 3 is 2.74 bits per heavy atom. The zero-order valence-corrected chi connectivity index (χ0v) is 11.6. The molecule has 0 atom stereocenters. The van der Waals surface area contributed by atoms with Crippen LogP contribution in [0.15, 0.2) is 23.5 Å². The molecule has 1 aromatic heterocycles. The molecule has 2 heterocycles. The second kappa shape index (κ2) is 5.91. The predicted molar refractivity (Wildman–Crippen MR) is 76.5 cm³/mol. The highest BCUT2D eigenvalue weighted by Crippen LogP contribution is 2.27. The van der Waals surface area contributed by atoms with Gasteiger partial charge in [0, 0.05) is 25.0 Å². The molecule has 1 saturated heterocycles. The number of anilines is 1. The Kier molecular flexibility index (Phi) is 4.24. The fourth-order valence-electron chi connectivity index (χ4n) is 2.63. The quantitative estimate of drug-likeness (QED) is 0.378. The van der Waals surface area contributed by atoms with Gasteiger partial charge in [0.05, 0.1) is 0 Å². The molecule has 0 aromatic carbocycles. The zero-order valence-electron chi connectivity index (χ0n) is 11.6. The van der Waals surface area contributed by atoms with Crippen molar-refractivity contribution in [1.29, 1.82) is 0 Å². The maximum atomic E-state index is 8.69. The van der Waals surface area contributed by atoms with Crippen molar-refractivity contribution in [2.75, 3.05) is 18.0 Å². The summed E-state index contributed by atoms with van der Waals surface area (Å²) in [6.45, 7) is 6.71. The molecule has 1 aliphatic heterocycles. The van der Waals surface area contributed by atoms with Crippen LogP contribution < -0.4 is 10.6 Å². The van der Waals surface area contributed by atoms with Gasteiger partial charge in [0.25, 0.3) is 0 Å². The van der Waals surface area contributed by atoms with Gasteiger partial charge in [-0.2, -0.15) is 0 Å². The number of nitrogens with zero attached hydrogens (tertiary/aromatic N) is 3. The molecule has 1 aromatic rings. The number of amidine groups is 1. The summed E-state index contributed by atoms with van der Waals surface area (Å²) < 4.78 is 0. The third-order valence-electron chi connectivity index (χ3n) is 3.96. The minimum absolute atomic E-state index is 0.0546. The lowest BCUT2D eigenvalue weighted by atomic mass is 9.86. The third kappa shape index (κ3) is 3.16. The summed E-state index contributed by atoms with van der Waals surface area (Å²) in [6.07, 6.45) is 4.15. The fourth-order valence-corrected chi connectivity index (χ4v) is 2.63. The maximum Gasteiger partial charge on any atom is 0.188 e. The van der Waals surface area contributed by atoms with Crippen LogP contribution in [0.2, 0.25) is 0 Å². The maximum absolute atomic E-state index is 8.69. The lowest BCUT2D eigenvalue weighted by molar-refractivity contribution is 0.311. The normalized spacial score (nSPS) is 18.1. The molecule has 1 fully saturated rings. The highest BCUT2D eigenvalue weighted by molar-refractivity contribution is 5.95. The van der Waals surface area contributed by atoms with Gasteiger partial charge in [-0.15, -0.1) is 0 Å². The largest absolute Gasteiger partial charge is 0.409 e. The summed E-state index contributed by atoms with van der Waals surface area (Å²) in [5.74, 6) is 1.63. The van der Waals surface area contributed by atoms with Gasteiger partial charge < -0.3 is 15.8 Å². The number of pyridine rings is 1. The first kappa shape index (κ1) is 13.6. The van der Waals surface area contributed by atoms with Gasteiger partial charge in [-0.05, 0) is 36.8 Å². The molecule has 0 radical (unpaired) electrons. The smallest absolute Gasteiger partial charge is 0.188 e. The van der Waals surface area contributed by atoms with Gasteiger partial charge in [0.2, 0.25) is 0 Å². The number of oxime groups is 1. The van der Waals surface area contributed by atoms with Gasteiger partial charge >= 0.3 is 0 Å². The van der Waals surface area contributed by atoms with E-state index in [1.807, 2.05) is 12.1 Å². The van der Waals surface area contributed by atoms with Crippen molar-refractivity contribution in [3.63, 3.8) is 0 Å². The first-order chi connectivity index (χ1) is 9.11. The van der Waals surface area contributed by atoms with Gasteiger partial charge in [0.1, 0.15) is 5.69 Å². The molecular formula is C14H22N4O. The highest BCUT2D eigenvalue weighted by Gasteiger charge is 2.22. The van der Waals surface area contributed by atoms with Crippen molar-refractivity contribution in [2.45, 2.75) is 26.7 Å². The van der Waals surface area contributed by atoms with E-state index in [0.717, 1.165) is 30.6 Å². The molecule has 0 saturated carbocycles. The van der Waals surface area contributed by atoms with Crippen LogP contribution in [0.5, 0.6) is 0 Å². The van der Waals surface area contributed by atoms with Gasteiger partial charge in [0.15, 0.2) is 5.84 Å². The molecule has 104 valence electrons. The first-order valence-electron chi connectivity index (χ1n) is 6.80. The standard InChI is InChI=1S/C14H22N4O/c1-10(2)11-4-7-18(8-5-11)12-3-6-16-13(9-12)14(15)17-19/h3,6,9-11,19H,4-5,7-8H2,1-2H3,(H2,15,17). The summed E-state index contributed by atoms with van der Waals surface area (Å²) in [5, 5.41) is 11.7. The molecule has 3 N–H and O–H groups in total. The SMILES string of the molecule is CC(C)C1CCN(c2ccnc(/C(N)=N/O)c2)CC1. The predicted octanol–water partition coefficient (Wildman–Crippen LogP) is 2.05. The Balaban J connectivity index is 2.07. The van der Waals surface area contributed by atoms with Crippen LogP contribution in [-0.2, 0) is 0 Å². The molecular weight excluding hydrogens is 240 g/mol. The minimum Gasteiger partial charge on any atom is -0.409 e. The second-order valence-electron chi connectivity index (χ2n) is 5.45. The summed E-state index contributed by atoms with van der Waals surface area (Å²) in [4.78, 5) is 6.45. The van der Waals surface area contributed by atoms with E-state index in [1.165, 1.54) is 12.8 Å². The van der Waals surface area contributed by atoms with E-state index in [-0.39, 0.29) is 5.84 Å². The molecule has 0 spiro atoms. The Bertz CT molecular complexity index is 451. The summed E-state index contributed by atoms with van der Waals surface area (Å²) >= 11 is 0. The molecule has 19 heavy (non-hydrogen) atoms. The van der Waals surface area contributed by atoms with E-state index in [1.54, 1.807) is 6.20 Å².